The van der Waals surface area contributed by atoms with E-state index in [4.69, 9.17) is 10.5 Å². The SMILES string of the molecule is CCCC(O)(C#Cc1cc(OC)cc(C(O)CCN)c1)CCC. The highest BCUT2D eigenvalue weighted by atomic mass is 16.5. The first kappa shape index (κ1) is 19.5. The fourth-order valence-electron chi connectivity index (χ4n) is 2.59. The van der Waals surface area contributed by atoms with Gasteiger partial charge >= 0.3 is 0 Å². The first-order valence-corrected chi connectivity index (χ1v) is 8.30. The lowest BCUT2D eigenvalue weighted by Crippen LogP contribution is -2.25. The highest BCUT2D eigenvalue weighted by Gasteiger charge is 2.21. The van der Waals surface area contributed by atoms with Crippen LogP contribution in [0.1, 0.15) is 63.2 Å². The van der Waals surface area contributed by atoms with E-state index >= 15 is 0 Å². The molecule has 1 aromatic carbocycles. The van der Waals surface area contributed by atoms with E-state index in [9.17, 15) is 10.2 Å². The third-order valence-electron chi connectivity index (χ3n) is 3.76. The lowest BCUT2D eigenvalue weighted by Gasteiger charge is -2.20. The summed E-state index contributed by atoms with van der Waals surface area (Å²) in [5.41, 5.74) is 6.00. The van der Waals surface area contributed by atoms with E-state index in [1.165, 1.54) is 0 Å². The van der Waals surface area contributed by atoms with E-state index in [-0.39, 0.29) is 0 Å². The van der Waals surface area contributed by atoms with Crippen molar-refractivity contribution >= 4 is 0 Å². The lowest BCUT2D eigenvalue weighted by atomic mass is 9.93. The Morgan fingerprint density at radius 2 is 1.87 bits per heavy atom. The van der Waals surface area contributed by atoms with Gasteiger partial charge in [-0.15, -0.1) is 0 Å². The summed E-state index contributed by atoms with van der Waals surface area (Å²) in [5, 5.41) is 20.7. The summed E-state index contributed by atoms with van der Waals surface area (Å²) >= 11 is 0. The molecule has 1 rings (SSSR count). The van der Waals surface area contributed by atoms with Crippen LogP contribution in [-0.4, -0.2) is 29.5 Å². The van der Waals surface area contributed by atoms with Gasteiger partial charge in [0.05, 0.1) is 13.2 Å². The molecule has 0 aliphatic rings. The second kappa shape index (κ2) is 9.57. The highest BCUT2D eigenvalue weighted by molar-refractivity contribution is 5.45. The molecule has 0 saturated heterocycles. The monoisotopic (exact) mass is 319 g/mol. The van der Waals surface area contributed by atoms with Crippen LogP contribution in [0.25, 0.3) is 0 Å². The Bertz CT molecular complexity index is 539. The number of hydrogen-bond acceptors (Lipinski definition) is 4. The minimum absolute atomic E-state index is 0.409. The summed E-state index contributed by atoms with van der Waals surface area (Å²) < 4.78 is 5.28. The maximum atomic E-state index is 10.6. The predicted molar refractivity (Wildman–Crippen MR) is 93.3 cm³/mol. The zero-order valence-corrected chi connectivity index (χ0v) is 14.4. The molecule has 0 radical (unpaired) electrons. The van der Waals surface area contributed by atoms with Gasteiger partial charge in [-0.2, -0.15) is 0 Å². The molecule has 0 aliphatic heterocycles. The molecule has 0 fully saturated rings. The van der Waals surface area contributed by atoms with Crippen LogP contribution < -0.4 is 10.5 Å². The first-order chi connectivity index (χ1) is 11.0. The van der Waals surface area contributed by atoms with Crippen LogP contribution in [-0.2, 0) is 0 Å². The van der Waals surface area contributed by atoms with Crippen LogP contribution in [0.4, 0.5) is 0 Å². The molecule has 1 atom stereocenters. The van der Waals surface area contributed by atoms with E-state index in [1.54, 1.807) is 13.2 Å². The van der Waals surface area contributed by atoms with E-state index in [1.807, 2.05) is 26.0 Å². The van der Waals surface area contributed by atoms with Crippen molar-refractivity contribution in [1.82, 2.24) is 0 Å². The fourth-order valence-corrected chi connectivity index (χ4v) is 2.59. The molecule has 4 N–H and O–H groups in total. The van der Waals surface area contributed by atoms with Crippen LogP contribution in [0.3, 0.4) is 0 Å². The minimum atomic E-state index is -0.956. The van der Waals surface area contributed by atoms with Gasteiger partial charge in [0.15, 0.2) is 0 Å². The Kier molecular flexibility index (Phi) is 8.11. The molecule has 0 spiro atoms. The number of benzene rings is 1. The second-order valence-corrected chi connectivity index (χ2v) is 5.87. The number of rotatable bonds is 8. The van der Waals surface area contributed by atoms with Crippen molar-refractivity contribution in [3.05, 3.63) is 29.3 Å². The van der Waals surface area contributed by atoms with Crippen LogP contribution in [0.2, 0.25) is 0 Å². The molecule has 4 heteroatoms. The highest BCUT2D eigenvalue weighted by Crippen LogP contribution is 2.24. The number of aliphatic hydroxyl groups is 2. The number of ether oxygens (including phenoxy) is 1. The molecule has 128 valence electrons. The van der Waals surface area contributed by atoms with Crippen molar-refractivity contribution < 1.29 is 14.9 Å². The predicted octanol–water partition coefficient (Wildman–Crippen LogP) is 2.76. The van der Waals surface area contributed by atoms with Crippen LogP contribution in [0.5, 0.6) is 5.75 Å². The van der Waals surface area contributed by atoms with Gasteiger partial charge in [0, 0.05) is 5.56 Å². The number of hydrogen-bond donors (Lipinski definition) is 3. The van der Waals surface area contributed by atoms with Crippen LogP contribution in [0, 0.1) is 11.8 Å². The molecule has 23 heavy (non-hydrogen) atoms. The van der Waals surface area contributed by atoms with Gasteiger partial charge in [-0.05, 0) is 49.6 Å². The third-order valence-corrected chi connectivity index (χ3v) is 3.76. The maximum absolute atomic E-state index is 10.6. The summed E-state index contributed by atoms with van der Waals surface area (Å²) in [4.78, 5) is 0. The molecule has 4 nitrogen and oxygen atoms in total. The van der Waals surface area contributed by atoms with Gasteiger partial charge in [-0.3, -0.25) is 0 Å². The summed E-state index contributed by atoms with van der Waals surface area (Å²) in [7, 11) is 1.58. The average molecular weight is 319 g/mol. The van der Waals surface area contributed by atoms with Gasteiger partial charge in [0.2, 0.25) is 0 Å². The van der Waals surface area contributed by atoms with Crippen molar-refractivity contribution in [2.75, 3.05) is 13.7 Å². The summed E-state index contributed by atoms with van der Waals surface area (Å²) in [6.07, 6.45) is 2.91. The normalized spacial score (nSPS) is 12.4. The van der Waals surface area contributed by atoms with Gasteiger partial charge in [0.25, 0.3) is 0 Å². The fraction of sp³-hybridized carbons (Fsp3) is 0.579. The molecule has 0 aromatic heterocycles. The Morgan fingerprint density at radius 1 is 1.22 bits per heavy atom. The van der Waals surface area contributed by atoms with Gasteiger partial charge in [0.1, 0.15) is 11.4 Å². The molecule has 1 aromatic rings. The zero-order chi connectivity index (χ0) is 17.3. The standard InChI is InChI=1S/C19H29NO3/c1-4-8-19(22,9-5-2)10-6-15-12-16(18(21)7-11-20)14-17(13-15)23-3/h12-14,18,21-22H,4-5,7-9,11,20H2,1-3H3. The number of aliphatic hydroxyl groups excluding tert-OH is 1. The third kappa shape index (κ3) is 6.23. The quantitative estimate of drug-likeness (QED) is 0.644. The molecular weight excluding hydrogens is 290 g/mol. The molecule has 0 heterocycles. The Balaban J connectivity index is 3.12. The van der Waals surface area contributed by atoms with Crippen molar-refractivity contribution in [2.24, 2.45) is 5.73 Å². The van der Waals surface area contributed by atoms with Crippen LogP contribution >= 0.6 is 0 Å². The van der Waals surface area contributed by atoms with Gasteiger partial charge in [-0.1, -0.05) is 38.5 Å². The molecule has 0 aliphatic carbocycles. The molecule has 0 bridgehead atoms. The number of nitrogens with two attached hydrogens (primary N) is 1. The van der Waals surface area contributed by atoms with E-state index in [0.29, 0.717) is 31.6 Å². The van der Waals surface area contributed by atoms with Crippen molar-refractivity contribution in [3.63, 3.8) is 0 Å². The summed E-state index contributed by atoms with van der Waals surface area (Å²) in [5.74, 6) is 6.69. The second-order valence-electron chi connectivity index (χ2n) is 5.87. The lowest BCUT2D eigenvalue weighted by molar-refractivity contribution is 0.0807. The van der Waals surface area contributed by atoms with Crippen molar-refractivity contribution in [2.45, 2.75) is 57.7 Å². The smallest absolute Gasteiger partial charge is 0.125 e. The Labute approximate surface area is 139 Å². The minimum Gasteiger partial charge on any atom is -0.497 e. The summed E-state index contributed by atoms with van der Waals surface area (Å²) in [6, 6.07) is 5.42. The maximum Gasteiger partial charge on any atom is 0.125 e. The molecular formula is C19H29NO3. The first-order valence-electron chi connectivity index (χ1n) is 8.30. The van der Waals surface area contributed by atoms with E-state index < -0.39 is 11.7 Å². The average Bonchev–Trinajstić information content (AvgIpc) is 2.53. The molecule has 0 amide bonds. The van der Waals surface area contributed by atoms with Crippen molar-refractivity contribution in [1.29, 1.82) is 0 Å². The van der Waals surface area contributed by atoms with E-state index in [2.05, 4.69) is 11.8 Å². The zero-order valence-electron chi connectivity index (χ0n) is 14.4. The largest absolute Gasteiger partial charge is 0.497 e. The van der Waals surface area contributed by atoms with E-state index in [0.717, 1.165) is 24.0 Å². The topological polar surface area (TPSA) is 75.7 Å². The summed E-state index contributed by atoms with van der Waals surface area (Å²) in [6.45, 7) is 4.48. The Morgan fingerprint density at radius 3 is 2.39 bits per heavy atom. The Hall–Kier alpha value is -1.54. The van der Waals surface area contributed by atoms with Crippen LogP contribution in [0.15, 0.2) is 18.2 Å². The molecule has 0 saturated carbocycles. The van der Waals surface area contributed by atoms with Gasteiger partial charge < -0.3 is 20.7 Å². The van der Waals surface area contributed by atoms with Crippen molar-refractivity contribution in [3.8, 4) is 17.6 Å². The molecule has 1 unspecified atom stereocenters. The van der Waals surface area contributed by atoms with Gasteiger partial charge in [-0.25, -0.2) is 0 Å². The number of methoxy groups -OCH3 is 1.